The summed E-state index contributed by atoms with van der Waals surface area (Å²) in [6.45, 7) is 3.41. The van der Waals surface area contributed by atoms with Gasteiger partial charge >= 0.3 is 0 Å². The predicted octanol–water partition coefficient (Wildman–Crippen LogP) is 2.56. The fourth-order valence-electron chi connectivity index (χ4n) is 1.54. The van der Waals surface area contributed by atoms with Crippen molar-refractivity contribution in [2.75, 3.05) is 26.3 Å². The highest BCUT2D eigenvalue weighted by molar-refractivity contribution is 6.48. The third kappa shape index (κ3) is 2.98. The third-order valence-electron chi connectivity index (χ3n) is 2.39. The van der Waals surface area contributed by atoms with Crippen LogP contribution in [0.2, 0.25) is 0 Å². The first-order valence-corrected chi connectivity index (χ1v) is 5.48. The molecule has 0 aromatic heterocycles. The molecule has 0 atom stereocenters. The van der Waals surface area contributed by atoms with Gasteiger partial charge in [-0.05, 0) is 5.56 Å². The van der Waals surface area contributed by atoms with Gasteiger partial charge in [-0.3, -0.25) is 0 Å². The second kappa shape index (κ2) is 5.19. The first-order valence-electron chi connectivity index (χ1n) is 5.11. The monoisotopic (exact) mass is 223 g/mol. The molecule has 1 aliphatic heterocycles. The molecule has 1 saturated heterocycles. The minimum absolute atomic E-state index is 0.787. The molecule has 0 aliphatic carbocycles. The van der Waals surface area contributed by atoms with Crippen molar-refractivity contribution in [2.24, 2.45) is 0 Å². The van der Waals surface area contributed by atoms with Crippen molar-refractivity contribution in [1.82, 2.24) is 4.90 Å². The summed E-state index contributed by atoms with van der Waals surface area (Å²) in [5.41, 5.74) is 1.06. The van der Waals surface area contributed by atoms with Crippen molar-refractivity contribution in [3.05, 3.63) is 42.1 Å². The summed E-state index contributed by atoms with van der Waals surface area (Å²) in [5, 5.41) is 0.789. The molecule has 1 aromatic carbocycles. The molecule has 0 unspecified atom stereocenters. The molecule has 1 heterocycles. The van der Waals surface area contributed by atoms with E-state index in [-0.39, 0.29) is 0 Å². The summed E-state index contributed by atoms with van der Waals surface area (Å²) < 4.78 is 5.27. The highest BCUT2D eigenvalue weighted by atomic mass is 35.5. The maximum absolute atomic E-state index is 6.22. The Hall–Kier alpha value is -0.990. The van der Waals surface area contributed by atoms with Gasteiger partial charge in [0.05, 0.1) is 18.2 Å². The minimum atomic E-state index is 0.787. The number of nitrogens with zero attached hydrogens (tertiary/aromatic N) is 1. The van der Waals surface area contributed by atoms with Crippen LogP contribution in [0.25, 0.3) is 5.03 Å². The van der Waals surface area contributed by atoms with Gasteiger partial charge in [0.2, 0.25) is 0 Å². The van der Waals surface area contributed by atoms with E-state index in [2.05, 4.69) is 4.90 Å². The summed E-state index contributed by atoms with van der Waals surface area (Å²) in [6.07, 6.45) is 2.00. The van der Waals surface area contributed by atoms with Crippen LogP contribution < -0.4 is 0 Å². The van der Waals surface area contributed by atoms with Crippen LogP contribution in [0.3, 0.4) is 0 Å². The van der Waals surface area contributed by atoms with Gasteiger partial charge < -0.3 is 9.64 Å². The van der Waals surface area contributed by atoms with Gasteiger partial charge in [-0.1, -0.05) is 41.9 Å². The van der Waals surface area contributed by atoms with Crippen LogP contribution >= 0.6 is 11.6 Å². The summed E-state index contributed by atoms with van der Waals surface area (Å²) in [6, 6.07) is 10.00. The minimum Gasteiger partial charge on any atom is -0.378 e. The van der Waals surface area contributed by atoms with Crippen molar-refractivity contribution in [3.8, 4) is 0 Å². The van der Waals surface area contributed by atoms with E-state index in [1.165, 1.54) is 0 Å². The van der Waals surface area contributed by atoms with Crippen molar-refractivity contribution in [3.63, 3.8) is 0 Å². The fourth-order valence-corrected chi connectivity index (χ4v) is 1.80. The number of hydrogen-bond donors (Lipinski definition) is 0. The summed E-state index contributed by atoms with van der Waals surface area (Å²) in [5.74, 6) is 0. The maximum Gasteiger partial charge on any atom is 0.0642 e. The van der Waals surface area contributed by atoms with Gasteiger partial charge in [-0.2, -0.15) is 0 Å². The lowest BCUT2D eigenvalue weighted by Crippen LogP contribution is -2.32. The standard InChI is InChI=1S/C12H14ClNO/c13-12(11-4-2-1-3-5-11)10-14-6-8-15-9-7-14/h1-5,10H,6-9H2/b12-10-. The molecule has 1 aliphatic rings. The number of morpholine rings is 1. The SMILES string of the molecule is Cl/C(=C\N1CCOCC1)c1ccccc1. The van der Waals surface area contributed by atoms with Gasteiger partial charge in [0, 0.05) is 19.3 Å². The highest BCUT2D eigenvalue weighted by Crippen LogP contribution is 2.19. The quantitative estimate of drug-likeness (QED) is 0.764. The van der Waals surface area contributed by atoms with Crippen LogP contribution in [0.1, 0.15) is 5.56 Å². The van der Waals surface area contributed by atoms with Crippen LogP contribution in [-0.2, 0) is 4.74 Å². The first-order chi connectivity index (χ1) is 7.36. The molecule has 0 bridgehead atoms. The molecule has 0 radical (unpaired) electrons. The highest BCUT2D eigenvalue weighted by Gasteiger charge is 2.07. The average molecular weight is 224 g/mol. The predicted molar refractivity (Wildman–Crippen MR) is 62.7 cm³/mol. The zero-order valence-corrected chi connectivity index (χ0v) is 9.28. The van der Waals surface area contributed by atoms with E-state index >= 15 is 0 Å². The molecule has 15 heavy (non-hydrogen) atoms. The van der Waals surface area contributed by atoms with Gasteiger partial charge in [0.1, 0.15) is 0 Å². The summed E-state index contributed by atoms with van der Waals surface area (Å²) >= 11 is 6.22. The molecule has 2 nitrogen and oxygen atoms in total. The van der Waals surface area contributed by atoms with E-state index in [1.807, 2.05) is 36.5 Å². The average Bonchev–Trinajstić information content (AvgIpc) is 2.31. The van der Waals surface area contributed by atoms with Crippen LogP contribution in [0, 0.1) is 0 Å². The van der Waals surface area contributed by atoms with Gasteiger partial charge in [0.15, 0.2) is 0 Å². The zero-order chi connectivity index (χ0) is 10.5. The number of ether oxygens (including phenoxy) is 1. The van der Waals surface area contributed by atoms with Crippen molar-refractivity contribution < 1.29 is 4.74 Å². The van der Waals surface area contributed by atoms with Crippen LogP contribution in [-0.4, -0.2) is 31.2 Å². The van der Waals surface area contributed by atoms with Gasteiger partial charge in [0.25, 0.3) is 0 Å². The van der Waals surface area contributed by atoms with Crippen LogP contribution in [0.5, 0.6) is 0 Å². The zero-order valence-electron chi connectivity index (χ0n) is 8.53. The van der Waals surface area contributed by atoms with Gasteiger partial charge in [-0.25, -0.2) is 0 Å². The molecular formula is C12H14ClNO. The first kappa shape index (κ1) is 10.5. The second-order valence-electron chi connectivity index (χ2n) is 3.49. The van der Waals surface area contributed by atoms with Crippen molar-refractivity contribution in [1.29, 1.82) is 0 Å². The Morgan fingerprint density at radius 3 is 2.53 bits per heavy atom. The Bertz CT molecular complexity index is 331. The Morgan fingerprint density at radius 2 is 1.87 bits per heavy atom. The molecular weight excluding hydrogens is 210 g/mol. The molecule has 1 fully saturated rings. The Labute approximate surface area is 95.1 Å². The van der Waals surface area contributed by atoms with E-state index in [0.717, 1.165) is 36.9 Å². The van der Waals surface area contributed by atoms with E-state index in [4.69, 9.17) is 16.3 Å². The Kier molecular flexibility index (Phi) is 3.64. The summed E-state index contributed by atoms with van der Waals surface area (Å²) in [4.78, 5) is 2.19. The Balaban J connectivity index is 2.06. The van der Waals surface area contributed by atoms with Crippen LogP contribution in [0.15, 0.2) is 36.5 Å². The fraction of sp³-hybridized carbons (Fsp3) is 0.333. The van der Waals surface area contributed by atoms with E-state index in [9.17, 15) is 0 Å². The molecule has 1 aromatic rings. The Morgan fingerprint density at radius 1 is 1.20 bits per heavy atom. The lowest BCUT2D eigenvalue weighted by molar-refractivity contribution is 0.0597. The molecule has 80 valence electrons. The molecule has 3 heteroatoms. The largest absolute Gasteiger partial charge is 0.378 e. The van der Waals surface area contributed by atoms with E-state index < -0.39 is 0 Å². The van der Waals surface area contributed by atoms with Crippen molar-refractivity contribution in [2.45, 2.75) is 0 Å². The number of benzene rings is 1. The molecule has 0 amide bonds. The second-order valence-corrected chi connectivity index (χ2v) is 3.90. The van der Waals surface area contributed by atoms with Gasteiger partial charge in [-0.15, -0.1) is 0 Å². The molecule has 0 saturated carbocycles. The number of hydrogen-bond acceptors (Lipinski definition) is 2. The smallest absolute Gasteiger partial charge is 0.0642 e. The molecule has 0 spiro atoms. The molecule has 0 N–H and O–H groups in total. The lowest BCUT2D eigenvalue weighted by Gasteiger charge is -2.25. The lowest BCUT2D eigenvalue weighted by atomic mass is 10.2. The van der Waals surface area contributed by atoms with Crippen molar-refractivity contribution >= 4 is 16.6 Å². The maximum atomic E-state index is 6.22. The van der Waals surface area contributed by atoms with Crippen LogP contribution in [0.4, 0.5) is 0 Å². The van der Waals surface area contributed by atoms with E-state index in [1.54, 1.807) is 0 Å². The number of rotatable bonds is 2. The van der Waals surface area contributed by atoms with E-state index in [0.29, 0.717) is 0 Å². The number of halogens is 1. The summed E-state index contributed by atoms with van der Waals surface area (Å²) in [7, 11) is 0. The molecule has 2 rings (SSSR count). The topological polar surface area (TPSA) is 12.5 Å². The third-order valence-corrected chi connectivity index (χ3v) is 2.71. The normalized spacial score (nSPS) is 17.9.